The van der Waals surface area contributed by atoms with Gasteiger partial charge in [0.05, 0.1) is 10.4 Å². The number of amides is 2. The largest absolute Gasteiger partial charge is 0.480 e. The summed E-state index contributed by atoms with van der Waals surface area (Å²) in [5.41, 5.74) is 0. The molecule has 1 aliphatic heterocycles. The van der Waals surface area contributed by atoms with Crippen molar-refractivity contribution >= 4 is 34.9 Å². The van der Waals surface area contributed by atoms with Crippen LogP contribution >= 0.6 is 22.9 Å². The first kappa shape index (κ1) is 15.1. The molecule has 2 rings (SSSR count). The summed E-state index contributed by atoms with van der Waals surface area (Å²) < 4.78 is 0.694. The second kappa shape index (κ2) is 6.43. The highest BCUT2D eigenvalue weighted by Crippen LogP contribution is 2.21. The first-order valence-corrected chi connectivity index (χ1v) is 7.36. The van der Waals surface area contributed by atoms with Crippen LogP contribution in [-0.4, -0.2) is 52.3 Å². The molecule has 2 amide bonds. The number of hydrogen-bond acceptors (Lipinski definition) is 4. The van der Waals surface area contributed by atoms with E-state index in [1.165, 1.54) is 11.3 Å². The highest BCUT2D eigenvalue weighted by Gasteiger charge is 2.38. The maximum atomic E-state index is 11.9. The van der Waals surface area contributed by atoms with Gasteiger partial charge < -0.3 is 20.4 Å². The number of halogens is 1. The molecule has 1 aromatic rings. The Hall–Kier alpha value is -1.31. The van der Waals surface area contributed by atoms with Crippen molar-refractivity contribution in [1.82, 2.24) is 10.2 Å². The Morgan fingerprint density at radius 3 is 2.85 bits per heavy atom. The Bertz CT molecular complexity index is 507. The molecule has 0 bridgehead atoms. The second-order valence-electron chi connectivity index (χ2n) is 4.58. The van der Waals surface area contributed by atoms with Crippen LogP contribution in [0.1, 0.15) is 11.3 Å². The third-order valence-corrected chi connectivity index (χ3v) is 4.39. The number of carboxylic acid groups (broad SMARTS) is 1. The molecule has 8 heteroatoms. The molecule has 0 spiro atoms. The van der Waals surface area contributed by atoms with Crippen LogP contribution in [0.25, 0.3) is 0 Å². The lowest BCUT2D eigenvalue weighted by Crippen LogP contribution is -2.46. The van der Waals surface area contributed by atoms with Gasteiger partial charge in [0.25, 0.3) is 0 Å². The molecule has 1 fully saturated rings. The van der Waals surface area contributed by atoms with Crippen LogP contribution in [0.2, 0.25) is 4.34 Å². The van der Waals surface area contributed by atoms with E-state index in [1.807, 2.05) is 6.07 Å². The minimum Gasteiger partial charge on any atom is -0.480 e. The predicted octanol–water partition coefficient (Wildman–Crippen LogP) is 1.17. The summed E-state index contributed by atoms with van der Waals surface area (Å²) >= 11 is 7.25. The minimum atomic E-state index is -1.10. The standard InChI is InChI=1S/C12H15ClN2O4S/c13-10-2-1-8(20-10)3-4-14-12(19)15-6-7(16)5-9(15)11(17)18/h1-2,7,9,16H,3-6H2,(H,14,19)(H,17,18)/t7-,9-/m1/s1. The summed E-state index contributed by atoms with van der Waals surface area (Å²) in [5.74, 6) is -1.10. The number of hydrogen-bond donors (Lipinski definition) is 3. The molecule has 1 aliphatic rings. The number of rotatable bonds is 4. The number of carboxylic acids is 1. The van der Waals surface area contributed by atoms with Crippen molar-refractivity contribution < 1.29 is 19.8 Å². The zero-order valence-corrected chi connectivity index (χ0v) is 12.2. The SMILES string of the molecule is O=C(O)[C@H]1C[C@@H](O)CN1C(=O)NCCc1ccc(Cl)s1. The third-order valence-electron chi connectivity index (χ3n) is 3.10. The van der Waals surface area contributed by atoms with Crippen LogP contribution < -0.4 is 5.32 Å². The zero-order chi connectivity index (χ0) is 14.7. The fourth-order valence-corrected chi connectivity index (χ4v) is 3.24. The van der Waals surface area contributed by atoms with Gasteiger partial charge in [-0.15, -0.1) is 11.3 Å². The molecule has 6 nitrogen and oxygen atoms in total. The van der Waals surface area contributed by atoms with Crippen molar-refractivity contribution in [1.29, 1.82) is 0 Å². The number of aliphatic hydroxyl groups is 1. The van der Waals surface area contributed by atoms with E-state index in [2.05, 4.69) is 5.32 Å². The Balaban J connectivity index is 1.83. The lowest BCUT2D eigenvalue weighted by Gasteiger charge is -2.21. The van der Waals surface area contributed by atoms with Gasteiger partial charge in [-0.3, -0.25) is 0 Å². The number of nitrogens with zero attached hydrogens (tertiary/aromatic N) is 1. The number of urea groups is 1. The summed E-state index contributed by atoms with van der Waals surface area (Å²) in [4.78, 5) is 25.1. The summed E-state index contributed by atoms with van der Waals surface area (Å²) in [6, 6.07) is 2.26. The van der Waals surface area contributed by atoms with Crippen molar-refractivity contribution in [2.24, 2.45) is 0 Å². The van der Waals surface area contributed by atoms with Gasteiger partial charge in [-0.1, -0.05) is 11.6 Å². The van der Waals surface area contributed by atoms with Gasteiger partial charge in [-0.25, -0.2) is 9.59 Å². The molecule has 2 atom stereocenters. The number of carbonyl (C=O) groups is 2. The van der Waals surface area contributed by atoms with E-state index in [9.17, 15) is 14.7 Å². The molecule has 0 unspecified atom stereocenters. The van der Waals surface area contributed by atoms with E-state index in [4.69, 9.17) is 16.7 Å². The van der Waals surface area contributed by atoms with Crippen molar-refractivity contribution in [3.05, 3.63) is 21.3 Å². The first-order valence-electron chi connectivity index (χ1n) is 6.17. The molecular weight excluding hydrogens is 304 g/mol. The monoisotopic (exact) mass is 318 g/mol. The van der Waals surface area contributed by atoms with Crippen LogP contribution in [0, 0.1) is 0 Å². The van der Waals surface area contributed by atoms with Crippen molar-refractivity contribution in [2.45, 2.75) is 25.0 Å². The fraction of sp³-hybridized carbons (Fsp3) is 0.500. The Morgan fingerprint density at radius 1 is 1.50 bits per heavy atom. The second-order valence-corrected chi connectivity index (χ2v) is 6.38. The number of β-amino-alcohol motifs (C(OH)–C–C–N with tert-alkyl or cyclic N) is 1. The molecule has 1 saturated heterocycles. The van der Waals surface area contributed by atoms with E-state index < -0.39 is 24.1 Å². The van der Waals surface area contributed by atoms with Gasteiger partial charge in [0, 0.05) is 24.4 Å². The summed E-state index contributed by atoms with van der Waals surface area (Å²) in [6.07, 6.45) is -0.0708. The average molecular weight is 319 g/mol. The smallest absolute Gasteiger partial charge is 0.326 e. The van der Waals surface area contributed by atoms with Gasteiger partial charge >= 0.3 is 12.0 Å². The van der Waals surface area contributed by atoms with Gasteiger partial charge in [0.1, 0.15) is 6.04 Å². The minimum absolute atomic E-state index is 0.0492. The molecule has 20 heavy (non-hydrogen) atoms. The highest BCUT2D eigenvalue weighted by atomic mass is 35.5. The lowest BCUT2D eigenvalue weighted by atomic mass is 10.2. The van der Waals surface area contributed by atoms with E-state index in [0.717, 1.165) is 9.78 Å². The number of nitrogens with one attached hydrogen (secondary N) is 1. The fourth-order valence-electron chi connectivity index (χ4n) is 2.15. The zero-order valence-electron chi connectivity index (χ0n) is 10.6. The van der Waals surface area contributed by atoms with Crippen LogP contribution in [0.3, 0.4) is 0 Å². The van der Waals surface area contributed by atoms with Gasteiger partial charge in [0.2, 0.25) is 0 Å². The number of aliphatic hydroxyl groups excluding tert-OH is 1. The molecule has 3 N–H and O–H groups in total. The van der Waals surface area contributed by atoms with Gasteiger partial charge in [-0.05, 0) is 18.6 Å². The normalized spacial score (nSPS) is 22.0. The van der Waals surface area contributed by atoms with Crippen molar-refractivity contribution in [2.75, 3.05) is 13.1 Å². The third kappa shape index (κ3) is 3.62. The first-order chi connectivity index (χ1) is 9.47. The van der Waals surface area contributed by atoms with Gasteiger partial charge in [0.15, 0.2) is 0 Å². The molecule has 110 valence electrons. The topological polar surface area (TPSA) is 89.9 Å². The molecule has 0 radical (unpaired) electrons. The van der Waals surface area contributed by atoms with E-state index in [1.54, 1.807) is 6.07 Å². The Labute approximate surface area is 125 Å². The number of likely N-dealkylation sites (tertiary alicyclic amines) is 1. The van der Waals surface area contributed by atoms with E-state index in [-0.39, 0.29) is 13.0 Å². The van der Waals surface area contributed by atoms with Crippen LogP contribution in [0.4, 0.5) is 4.79 Å². The van der Waals surface area contributed by atoms with Crippen LogP contribution in [-0.2, 0) is 11.2 Å². The highest BCUT2D eigenvalue weighted by molar-refractivity contribution is 7.16. The summed E-state index contributed by atoms with van der Waals surface area (Å²) in [7, 11) is 0. The lowest BCUT2D eigenvalue weighted by molar-refractivity contribution is -0.141. The van der Waals surface area contributed by atoms with E-state index >= 15 is 0 Å². The molecule has 0 saturated carbocycles. The molecule has 1 aromatic heterocycles. The quantitative estimate of drug-likeness (QED) is 0.777. The Kier molecular flexibility index (Phi) is 4.85. The predicted molar refractivity (Wildman–Crippen MR) is 75.2 cm³/mol. The van der Waals surface area contributed by atoms with Crippen LogP contribution in [0.5, 0.6) is 0 Å². The molecule has 0 aromatic carbocycles. The van der Waals surface area contributed by atoms with Crippen molar-refractivity contribution in [3.8, 4) is 0 Å². The van der Waals surface area contributed by atoms with E-state index in [0.29, 0.717) is 17.3 Å². The average Bonchev–Trinajstić information content (AvgIpc) is 2.95. The number of thiophene rings is 1. The molecule has 2 heterocycles. The van der Waals surface area contributed by atoms with Gasteiger partial charge in [-0.2, -0.15) is 0 Å². The summed E-state index contributed by atoms with van der Waals surface area (Å²) in [6.45, 7) is 0.447. The van der Waals surface area contributed by atoms with Crippen molar-refractivity contribution in [3.63, 3.8) is 0 Å². The summed E-state index contributed by atoms with van der Waals surface area (Å²) in [5, 5.41) is 21.2. The number of carbonyl (C=O) groups excluding carboxylic acids is 1. The molecular formula is C12H15ClN2O4S. The maximum Gasteiger partial charge on any atom is 0.326 e. The number of aliphatic carboxylic acids is 1. The maximum absolute atomic E-state index is 11.9. The van der Waals surface area contributed by atoms with Crippen LogP contribution in [0.15, 0.2) is 12.1 Å². The molecule has 0 aliphatic carbocycles. The Morgan fingerprint density at radius 2 is 2.25 bits per heavy atom.